The lowest BCUT2D eigenvalue weighted by atomic mass is 10.0. The molecule has 0 saturated carbocycles. The molecule has 0 aliphatic rings. The van der Waals surface area contributed by atoms with Crippen LogP contribution in [0.1, 0.15) is 54.0 Å². The molecular weight excluding hydrogens is 396 g/mol. The average molecular weight is 423 g/mol. The highest BCUT2D eigenvalue weighted by Gasteiger charge is 2.25. The summed E-state index contributed by atoms with van der Waals surface area (Å²) in [5.74, 6) is -0.332. The molecule has 0 fully saturated rings. The molecule has 3 rings (SSSR count). The molecule has 0 aliphatic heterocycles. The molecule has 0 atom stereocenters. The van der Waals surface area contributed by atoms with Crippen molar-refractivity contribution in [2.75, 3.05) is 4.90 Å². The van der Waals surface area contributed by atoms with Crippen molar-refractivity contribution < 1.29 is 4.79 Å². The van der Waals surface area contributed by atoms with E-state index >= 15 is 0 Å². The Kier molecular flexibility index (Phi) is 7.47. The Morgan fingerprint density at radius 2 is 1.73 bits per heavy atom. The lowest BCUT2D eigenvalue weighted by Gasteiger charge is -2.25. The molecule has 1 aromatic heterocycles. The summed E-state index contributed by atoms with van der Waals surface area (Å²) in [5.41, 5.74) is 3.06. The van der Waals surface area contributed by atoms with Crippen LogP contribution in [-0.2, 0) is 19.4 Å². The molecule has 1 N–H and O–H groups in total. The fraction of sp³-hybridized carbons (Fsp3) is 0.280. The van der Waals surface area contributed by atoms with Gasteiger partial charge in [0, 0.05) is 17.5 Å². The molecule has 0 bridgehead atoms. The van der Waals surface area contributed by atoms with Crippen molar-refractivity contribution in [1.82, 2.24) is 4.98 Å². The Morgan fingerprint density at radius 1 is 1.03 bits per heavy atom. The van der Waals surface area contributed by atoms with E-state index in [0.717, 1.165) is 24.1 Å². The number of anilines is 1. The van der Waals surface area contributed by atoms with Crippen LogP contribution in [0.2, 0.25) is 5.02 Å². The van der Waals surface area contributed by atoms with Crippen molar-refractivity contribution in [2.45, 2.75) is 46.1 Å². The number of H-pyrrole nitrogens is 1. The minimum Gasteiger partial charge on any atom is -0.361 e. The number of amides is 1. The zero-order chi connectivity index (χ0) is 21.5. The number of rotatable bonds is 8. The minimum atomic E-state index is -0.332. The summed E-state index contributed by atoms with van der Waals surface area (Å²) in [6.45, 7) is 4.40. The molecular formula is C25H27ClN2O2. The monoisotopic (exact) mass is 422 g/mol. The largest absolute Gasteiger partial charge is 0.361 e. The number of nitrogens with zero attached hydrogens (tertiary/aromatic N) is 1. The summed E-state index contributed by atoms with van der Waals surface area (Å²) in [5, 5.41) is 0.471. The minimum absolute atomic E-state index is 0.205. The summed E-state index contributed by atoms with van der Waals surface area (Å²) >= 11 is 6.45. The third-order valence-electron chi connectivity index (χ3n) is 5.11. The second kappa shape index (κ2) is 10.3. The fourth-order valence-electron chi connectivity index (χ4n) is 3.48. The Labute approximate surface area is 182 Å². The van der Waals surface area contributed by atoms with Crippen LogP contribution in [0.3, 0.4) is 0 Å². The van der Waals surface area contributed by atoms with E-state index in [9.17, 15) is 9.59 Å². The van der Waals surface area contributed by atoms with Crippen LogP contribution in [0.25, 0.3) is 0 Å². The van der Waals surface area contributed by atoms with Crippen molar-refractivity contribution >= 4 is 23.2 Å². The van der Waals surface area contributed by atoms with Gasteiger partial charge in [-0.05, 0) is 37.0 Å². The third kappa shape index (κ3) is 5.00. The SMILES string of the molecule is CCCCc1[nH]c(CC)cc(=O)c1C(=O)N(Cc1ccccc1)c1ccccc1Cl. The van der Waals surface area contributed by atoms with Gasteiger partial charge in [-0.3, -0.25) is 9.59 Å². The van der Waals surface area contributed by atoms with Gasteiger partial charge in [0.05, 0.1) is 17.3 Å². The van der Waals surface area contributed by atoms with Gasteiger partial charge < -0.3 is 9.88 Å². The van der Waals surface area contributed by atoms with Gasteiger partial charge in [-0.25, -0.2) is 0 Å². The predicted molar refractivity (Wildman–Crippen MR) is 123 cm³/mol. The molecule has 1 heterocycles. The van der Waals surface area contributed by atoms with Gasteiger partial charge >= 0.3 is 0 Å². The lowest BCUT2D eigenvalue weighted by molar-refractivity contribution is 0.0982. The number of carbonyl (C=O) groups is 1. The number of aryl methyl sites for hydroxylation is 2. The summed E-state index contributed by atoms with van der Waals surface area (Å²) in [6.07, 6.45) is 3.24. The highest BCUT2D eigenvalue weighted by Crippen LogP contribution is 2.28. The number of unbranched alkanes of at least 4 members (excludes halogenated alkanes) is 1. The van der Waals surface area contributed by atoms with Crippen LogP contribution in [0, 0.1) is 0 Å². The van der Waals surface area contributed by atoms with E-state index in [1.165, 1.54) is 6.07 Å². The summed E-state index contributed by atoms with van der Waals surface area (Å²) in [7, 11) is 0. The number of benzene rings is 2. The molecule has 0 unspecified atom stereocenters. The zero-order valence-corrected chi connectivity index (χ0v) is 18.2. The standard InChI is InChI=1S/C25H27ClN2O2/c1-3-5-14-21-24(23(29)16-19(4-2)27-21)25(30)28(17-18-11-7-6-8-12-18)22-15-10-9-13-20(22)26/h6-13,15-16H,3-5,14,17H2,1-2H3,(H,27,29). The van der Waals surface area contributed by atoms with Crippen molar-refractivity contribution in [3.05, 3.63) is 98.4 Å². The van der Waals surface area contributed by atoms with Crippen LogP contribution in [0.4, 0.5) is 5.69 Å². The summed E-state index contributed by atoms with van der Waals surface area (Å²) in [6, 6.07) is 18.5. The average Bonchev–Trinajstić information content (AvgIpc) is 2.76. The van der Waals surface area contributed by atoms with E-state index in [4.69, 9.17) is 11.6 Å². The van der Waals surface area contributed by atoms with Crippen molar-refractivity contribution in [1.29, 1.82) is 0 Å². The number of nitrogens with one attached hydrogen (secondary N) is 1. The maximum atomic E-state index is 13.8. The number of carbonyl (C=O) groups excluding carboxylic acids is 1. The van der Waals surface area contributed by atoms with Gasteiger partial charge in [0.1, 0.15) is 5.56 Å². The number of hydrogen-bond acceptors (Lipinski definition) is 2. The molecule has 0 saturated heterocycles. The Bertz CT molecular complexity index is 1060. The number of halogens is 1. The van der Waals surface area contributed by atoms with Crippen LogP contribution < -0.4 is 10.3 Å². The van der Waals surface area contributed by atoms with E-state index in [2.05, 4.69) is 11.9 Å². The van der Waals surface area contributed by atoms with Gasteiger partial charge in [-0.15, -0.1) is 0 Å². The third-order valence-corrected chi connectivity index (χ3v) is 5.43. The molecule has 30 heavy (non-hydrogen) atoms. The van der Waals surface area contributed by atoms with E-state index in [1.54, 1.807) is 11.0 Å². The Balaban J connectivity index is 2.11. The van der Waals surface area contributed by atoms with Gasteiger partial charge in [0.2, 0.25) is 0 Å². The molecule has 2 aromatic carbocycles. The zero-order valence-electron chi connectivity index (χ0n) is 17.5. The summed E-state index contributed by atoms with van der Waals surface area (Å²) in [4.78, 5) is 31.7. The number of pyridine rings is 1. The van der Waals surface area contributed by atoms with Crippen LogP contribution >= 0.6 is 11.6 Å². The maximum Gasteiger partial charge on any atom is 0.264 e. The molecule has 5 heteroatoms. The first-order chi connectivity index (χ1) is 14.5. The first-order valence-electron chi connectivity index (χ1n) is 10.4. The molecule has 1 amide bonds. The number of aromatic nitrogens is 1. The van der Waals surface area contributed by atoms with Crippen molar-refractivity contribution in [3.63, 3.8) is 0 Å². The second-order valence-electron chi connectivity index (χ2n) is 7.30. The fourth-order valence-corrected chi connectivity index (χ4v) is 3.71. The molecule has 3 aromatic rings. The van der Waals surface area contributed by atoms with Gasteiger partial charge in [0.25, 0.3) is 5.91 Å². The molecule has 4 nitrogen and oxygen atoms in total. The highest BCUT2D eigenvalue weighted by molar-refractivity contribution is 6.34. The molecule has 0 spiro atoms. The quantitative estimate of drug-likeness (QED) is 0.500. The second-order valence-corrected chi connectivity index (χ2v) is 7.70. The van der Waals surface area contributed by atoms with Gasteiger partial charge in [-0.1, -0.05) is 74.3 Å². The Hall–Kier alpha value is -2.85. The smallest absolute Gasteiger partial charge is 0.264 e. The van der Waals surface area contributed by atoms with Crippen molar-refractivity contribution in [3.8, 4) is 0 Å². The maximum absolute atomic E-state index is 13.8. The van der Waals surface area contributed by atoms with E-state index in [0.29, 0.717) is 35.8 Å². The van der Waals surface area contributed by atoms with E-state index < -0.39 is 0 Å². The van der Waals surface area contributed by atoms with E-state index in [1.807, 2.05) is 55.5 Å². The highest BCUT2D eigenvalue weighted by atomic mass is 35.5. The van der Waals surface area contributed by atoms with Crippen LogP contribution in [-0.4, -0.2) is 10.9 Å². The van der Waals surface area contributed by atoms with Crippen LogP contribution in [0.5, 0.6) is 0 Å². The van der Waals surface area contributed by atoms with Gasteiger partial charge in [-0.2, -0.15) is 0 Å². The first kappa shape index (κ1) is 21.8. The first-order valence-corrected chi connectivity index (χ1v) is 10.8. The van der Waals surface area contributed by atoms with Gasteiger partial charge in [0.15, 0.2) is 5.43 Å². The Morgan fingerprint density at radius 3 is 2.40 bits per heavy atom. The number of hydrogen-bond donors (Lipinski definition) is 1. The lowest BCUT2D eigenvalue weighted by Crippen LogP contribution is -2.35. The normalized spacial score (nSPS) is 10.8. The topological polar surface area (TPSA) is 53.2 Å². The number of aromatic amines is 1. The number of para-hydroxylation sites is 1. The molecule has 0 aliphatic carbocycles. The van der Waals surface area contributed by atoms with E-state index in [-0.39, 0.29) is 16.9 Å². The van der Waals surface area contributed by atoms with Crippen LogP contribution in [0.15, 0.2) is 65.5 Å². The van der Waals surface area contributed by atoms with Crippen molar-refractivity contribution in [2.24, 2.45) is 0 Å². The summed E-state index contributed by atoms with van der Waals surface area (Å²) < 4.78 is 0. The molecule has 156 valence electrons. The molecule has 0 radical (unpaired) electrons. The predicted octanol–water partition coefficient (Wildman–Crippen LogP) is 5.78.